The molecule has 2 saturated heterocycles. The third-order valence-electron chi connectivity index (χ3n) is 6.42. The van der Waals surface area contributed by atoms with E-state index in [1.807, 2.05) is 0 Å². The first-order chi connectivity index (χ1) is 16.3. The average Bonchev–Trinajstić information content (AvgIpc) is 2.70. The smallest absolute Gasteiger partial charge is 0.410 e. The third kappa shape index (κ3) is 5.43. The van der Waals surface area contributed by atoms with Crippen molar-refractivity contribution in [3.63, 3.8) is 0 Å². The van der Waals surface area contributed by atoms with E-state index in [2.05, 4.69) is 4.72 Å². The van der Waals surface area contributed by atoms with Crippen molar-refractivity contribution in [3.8, 4) is 11.1 Å². The maximum Gasteiger partial charge on any atom is 0.410 e. The van der Waals surface area contributed by atoms with Crippen LogP contribution < -0.4 is 4.72 Å². The van der Waals surface area contributed by atoms with Crippen LogP contribution in [0.3, 0.4) is 0 Å². The van der Waals surface area contributed by atoms with Gasteiger partial charge in [-0.3, -0.25) is 4.90 Å². The molecule has 0 aromatic heterocycles. The molecule has 5 nitrogen and oxygen atoms in total. The zero-order valence-corrected chi connectivity index (χ0v) is 21.5. The van der Waals surface area contributed by atoms with Crippen molar-refractivity contribution in [1.29, 1.82) is 0 Å². The van der Waals surface area contributed by atoms with Crippen molar-refractivity contribution < 1.29 is 27.3 Å². The van der Waals surface area contributed by atoms with Gasteiger partial charge in [-0.2, -0.15) is 0 Å². The van der Waals surface area contributed by atoms with Crippen LogP contribution in [0.15, 0.2) is 36.4 Å². The molecule has 1 aliphatic carbocycles. The summed E-state index contributed by atoms with van der Waals surface area (Å²) >= 11 is 4.43. The number of nitrogens with one attached hydrogen (secondary N) is 1. The number of carbonyl (C=O) groups excluding carboxylic acids is 1. The highest BCUT2D eigenvalue weighted by atomic mass is 35.5. The molecule has 2 aromatic rings. The number of carbonyl (C=O) groups is 1. The third-order valence-corrected chi connectivity index (χ3v) is 7.24. The van der Waals surface area contributed by atoms with Crippen LogP contribution in [0.4, 0.5) is 18.0 Å². The highest BCUT2D eigenvalue weighted by Crippen LogP contribution is 2.50. The largest absolute Gasteiger partial charge is 0.598 e. The lowest BCUT2D eigenvalue weighted by Crippen LogP contribution is -2.77. The number of piperidine rings is 2. The molecule has 35 heavy (non-hydrogen) atoms. The van der Waals surface area contributed by atoms with Crippen LogP contribution >= 0.6 is 11.6 Å². The second-order valence-corrected chi connectivity index (χ2v) is 11.8. The van der Waals surface area contributed by atoms with Crippen LogP contribution in [0.1, 0.15) is 39.2 Å². The first-order valence-electron chi connectivity index (χ1n) is 11.3. The predicted octanol–water partition coefficient (Wildman–Crippen LogP) is 5.57. The molecule has 1 N–H and O–H groups in total. The van der Waals surface area contributed by atoms with Gasteiger partial charge in [0.15, 0.2) is 0 Å². The molecule has 190 valence electrons. The molecule has 1 amide bonds. The summed E-state index contributed by atoms with van der Waals surface area (Å²) in [4.78, 5) is 14.6. The molecule has 1 unspecified atom stereocenters. The Morgan fingerprint density at radius 3 is 2.57 bits per heavy atom. The molecule has 0 radical (unpaired) electrons. The number of ether oxygens (including phenoxy) is 1. The molecule has 2 aromatic carbocycles. The Labute approximate surface area is 211 Å². The Morgan fingerprint density at radius 2 is 1.97 bits per heavy atom. The number of nitrogens with zero attached hydrogens (tertiary/aromatic N) is 1. The molecule has 3 fully saturated rings. The molecule has 1 saturated carbocycles. The summed E-state index contributed by atoms with van der Waals surface area (Å²) < 4.78 is 66.4. The maximum absolute atomic E-state index is 15.7. The minimum atomic E-state index is -1.72. The van der Waals surface area contributed by atoms with Gasteiger partial charge in [-0.05, 0) is 62.6 Å². The lowest BCUT2D eigenvalue weighted by Gasteiger charge is -2.60. The SMILES string of the molecule is C[S+]([O-])N[C@@H]1[C@H](Cc2cc(F)cc(-c3cccc(Cl)c3)c2F)N(C(=O)OC(C)(C)C)C2CC1(F)C2. The van der Waals surface area contributed by atoms with E-state index in [0.717, 1.165) is 12.1 Å². The molecule has 3 atom stereocenters. The zero-order valence-electron chi connectivity index (χ0n) is 19.9. The van der Waals surface area contributed by atoms with Gasteiger partial charge in [-0.25, -0.2) is 18.0 Å². The molecule has 5 rings (SSSR count). The monoisotopic (exact) mass is 528 g/mol. The van der Waals surface area contributed by atoms with Crippen molar-refractivity contribution in [1.82, 2.24) is 9.62 Å². The molecular formula is C25H28ClF3N2O3S. The fourth-order valence-electron chi connectivity index (χ4n) is 5.01. The fraction of sp³-hybridized carbons (Fsp3) is 0.480. The Morgan fingerprint density at radius 1 is 1.29 bits per heavy atom. The number of alkyl halides is 1. The summed E-state index contributed by atoms with van der Waals surface area (Å²) in [5.41, 5.74) is -2.17. The number of hydrogen-bond donors (Lipinski definition) is 1. The summed E-state index contributed by atoms with van der Waals surface area (Å²) in [6, 6.07) is 6.04. The Hall–Kier alpha value is -1.94. The van der Waals surface area contributed by atoms with Crippen LogP contribution in [0, 0.1) is 11.6 Å². The Kier molecular flexibility index (Phi) is 7.09. The molecular weight excluding hydrogens is 501 g/mol. The number of halogens is 4. The normalized spacial score (nSPS) is 26.8. The quantitative estimate of drug-likeness (QED) is 0.515. The topological polar surface area (TPSA) is 64.6 Å². The Balaban J connectivity index is 1.75. The van der Waals surface area contributed by atoms with Gasteiger partial charge in [0.25, 0.3) is 0 Å². The molecule has 2 aliphatic heterocycles. The van der Waals surface area contributed by atoms with E-state index in [0.29, 0.717) is 10.6 Å². The second kappa shape index (κ2) is 9.50. The average molecular weight is 529 g/mol. The zero-order chi connectivity index (χ0) is 25.7. The lowest BCUT2D eigenvalue weighted by molar-refractivity contribution is -0.131. The molecule has 2 heterocycles. The van der Waals surface area contributed by atoms with E-state index in [9.17, 15) is 13.7 Å². The highest BCUT2D eigenvalue weighted by Gasteiger charge is 2.64. The van der Waals surface area contributed by atoms with Crippen LogP contribution in [0.25, 0.3) is 11.1 Å². The summed E-state index contributed by atoms with van der Waals surface area (Å²) in [5, 5.41) is 0.366. The van der Waals surface area contributed by atoms with Crippen molar-refractivity contribution in [3.05, 3.63) is 58.6 Å². The van der Waals surface area contributed by atoms with Crippen molar-refractivity contribution in [2.24, 2.45) is 0 Å². The number of amides is 1. The van der Waals surface area contributed by atoms with Gasteiger partial charge in [0.1, 0.15) is 35.2 Å². The van der Waals surface area contributed by atoms with E-state index < -0.39 is 58.5 Å². The molecule has 0 spiro atoms. The van der Waals surface area contributed by atoms with Crippen molar-refractivity contribution in [2.45, 2.75) is 69.4 Å². The van der Waals surface area contributed by atoms with Gasteiger partial charge in [0.05, 0.1) is 6.04 Å². The Bertz CT molecular complexity index is 1120. The van der Waals surface area contributed by atoms with Crippen LogP contribution in [0.2, 0.25) is 5.02 Å². The number of fused-ring (bicyclic) bond motifs is 2. The summed E-state index contributed by atoms with van der Waals surface area (Å²) in [6.07, 6.45) is 0.597. The molecule has 10 heteroatoms. The van der Waals surface area contributed by atoms with Crippen LogP contribution in [0.5, 0.6) is 0 Å². The second-order valence-electron chi connectivity index (χ2n) is 10.2. The van der Waals surface area contributed by atoms with Crippen LogP contribution in [-0.4, -0.2) is 51.2 Å². The van der Waals surface area contributed by atoms with Gasteiger partial charge in [-0.1, -0.05) is 23.7 Å². The van der Waals surface area contributed by atoms with Gasteiger partial charge in [0, 0.05) is 40.8 Å². The van der Waals surface area contributed by atoms with E-state index in [-0.39, 0.29) is 30.4 Å². The number of rotatable bonds is 5. The molecule has 2 bridgehead atoms. The lowest BCUT2D eigenvalue weighted by atomic mass is 9.64. The maximum atomic E-state index is 15.7. The summed E-state index contributed by atoms with van der Waals surface area (Å²) in [6.45, 7) is 5.14. The van der Waals surface area contributed by atoms with E-state index in [4.69, 9.17) is 16.3 Å². The van der Waals surface area contributed by atoms with Crippen molar-refractivity contribution >= 4 is 29.1 Å². The minimum Gasteiger partial charge on any atom is -0.598 e. The van der Waals surface area contributed by atoms with Gasteiger partial charge in [0.2, 0.25) is 0 Å². The van der Waals surface area contributed by atoms with Gasteiger partial charge in [-0.15, -0.1) is 4.72 Å². The van der Waals surface area contributed by atoms with E-state index >= 15 is 8.78 Å². The predicted molar refractivity (Wildman–Crippen MR) is 130 cm³/mol. The summed E-state index contributed by atoms with van der Waals surface area (Å²) in [7, 11) is 0. The first kappa shape index (κ1) is 26.1. The molecule has 3 aliphatic rings. The minimum absolute atomic E-state index is 0.00539. The highest BCUT2D eigenvalue weighted by molar-refractivity contribution is 7.88. The number of hydrogen-bond acceptors (Lipinski definition) is 4. The fourth-order valence-corrected chi connectivity index (χ4v) is 5.93. The van der Waals surface area contributed by atoms with Gasteiger partial charge >= 0.3 is 6.09 Å². The van der Waals surface area contributed by atoms with Crippen LogP contribution in [-0.2, 0) is 22.5 Å². The van der Waals surface area contributed by atoms with Gasteiger partial charge < -0.3 is 9.29 Å². The van der Waals surface area contributed by atoms with Crippen molar-refractivity contribution in [2.75, 3.05) is 6.26 Å². The van der Waals surface area contributed by atoms with E-state index in [1.54, 1.807) is 39.0 Å². The first-order valence-corrected chi connectivity index (χ1v) is 13.2. The standard InChI is InChI=1S/C25H28ClF3N2O3S/c1-24(2,3)34-23(32)31-18-12-25(29,13-18)22(30-35(4)33)20(31)10-15-9-17(27)11-19(21(15)28)14-6-5-7-16(26)8-14/h5-9,11,18,20,22,30H,10,12-13H2,1-4H3/t18?,20-,22+,25?,35?/m0/s1. The summed E-state index contributed by atoms with van der Waals surface area (Å²) in [5.74, 6) is -1.37. The number of benzene rings is 2. The van der Waals surface area contributed by atoms with E-state index in [1.165, 1.54) is 17.2 Å².